The van der Waals surface area contributed by atoms with Crippen molar-refractivity contribution in [3.8, 4) is 5.75 Å². The van der Waals surface area contributed by atoms with E-state index in [1.54, 1.807) is 0 Å². The number of nitrogens with one attached hydrogen (secondary N) is 1. The van der Waals surface area contributed by atoms with Gasteiger partial charge in [0.15, 0.2) is 0 Å². The molecule has 24 heavy (non-hydrogen) atoms. The van der Waals surface area contributed by atoms with Crippen LogP contribution in [0.15, 0.2) is 18.2 Å². The number of hydrogen-bond donors (Lipinski definition) is 2. The van der Waals surface area contributed by atoms with E-state index in [1.807, 2.05) is 12.1 Å². The lowest BCUT2D eigenvalue weighted by Gasteiger charge is -2.40. The molecule has 0 aromatic heterocycles. The van der Waals surface area contributed by atoms with E-state index < -0.39 is 0 Å². The molecule has 0 bridgehead atoms. The number of rotatable bonds is 3. The summed E-state index contributed by atoms with van der Waals surface area (Å²) in [6.07, 6.45) is 4.20. The number of likely N-dealkylation sites (tertiary alicyclic amines) is 1. The Bertz CT molecular complexity index is 581. The quantitative estimate of drug-likeness (QED) is 0.878. The molecule has 3 aliphatic heterocycles. The molecule has 0 saturated carbocycles. The molecule has 3 aliphatic rings. The number of halogens is 1. The van der Waals surface area contributed by atoms with Crippen LogP contribution in [0.3, 0.4) is 0 Å². The highest BCUT2D eigenvalue weighted by atomic mass is 35.5. The molecule has 4 nitrogen and oxygen atoms in total. The van der Waals surface area contributed by atoms with E-state index in [2.05, 4.69) is 16.3 Å². The molecule has 5 heteroatoms. The fraction of sp³-hybridized carbons (Fsp3) is 0.684. The fourth-order valence-electron chi connectivity index (χ4n) is 4.57. The maximum Gasteiger partial charge on any atom is 0.124 e. The summed E-state index contributed by atoms with van der Waals surface area (Å²) in [6, 6.07) is 6.06. The molecule has 1 atom stereocenters. The van der Waals surface area contributed by atoms with Gasteiger partial charge in [-0.15, -0.1) is 0 Å². The van der Waals surface area contributed by atoms with Crippen molar-refractivity contribution in [2.75, 3.05) is 39.3 Å². The standard InChI is InChI=1S/C19H27ClN2O2/c20-15-1-2-16-18(11-15)24-13-19(16)5-9-22(10-6-19)12-17(23)14-3-7-21-8-4-14/h1-2,11,14,17,21,23H,3-10,12-13H2/t17-/m0/s1. The monoisotopic (exact) mass is 350 g/mol. The molecule has 2 saturated heterocycles. The van der Waals surface area contributed by atoms with E-state index in [-0.39, 0.29) is 11.5 Å². The van der Waals surface area contributed by atoms with Gasteiger partial charge in [0.25, 0.3) is 0 Å². The average molecular weight is 351 g/mol. The first-order valence-electron chi connectivity index (χ1n) is 9.20. The highest BCUT2D eigenvalue weighted by molar-refractivity contribution is 6.30. The lowest BCUT2D eigenvalue weighted by Crippen LogP contribution is -2.47. The highest BCUT2D eigenvalue weighted by Crippen LogP contribution is 2.46. The Labute approximate surface area is 149 Å². The number of benzene rings is 1. The van der Waals surface area contributed by atoms with Crippen LogP contribution in [0, 0.1) is 5.92 Å². The van der Waals surface area contributed by atoms with Gasteiger partial charge in [-0.05, 0) is 69.9 Å². The normalized spacial score (nSPS) is 25.4. The molecule has 0 aliphatic carbocycles. The van der Waals surface area contributed by atoms with Gasteiger partial charge in [-0.2, -0.15) is 0 Å². The van der Waals surface area contributed by atoms with Crippen LogP contribution in [-0.2, 0) is 5.41 Å². The van der Waals surface area contributed by atoms with Gasteiger partial charge in [0.05, 0.1) is 12.7 Å². The first kappa shape index (κ1) is 16.6. The number of hydrogen-bond acceptors (Lipinski definition) is 4. The summed E-state index contributed by atoms with van der Waals surface area (Å²) in [5, 5.41) is 14.7. The molecule has 132 valence electrons. The molecule has 3 heterocycles. The van der Waals surface area contributed by atoms with E-state index in [1.165, 1.54) is 5.56 Å². The molecule has 2 fully saturated rings. The lowest BCUT2D eigenvalue weighted by atomic mass is 9.74. The van der Waals surface area contributed by atoms with Crippen LogP contribution in [0.4, 0.5) is 0 Å². The maximum atomic E-state index is 10.6. The third-order valence-electron chi connectivity index (χ3n) is 6.21. The van der Waals surface area contributed by atoms with Crippen molar-refractivity contribution < 1.29 is 9.84 Å². The van der Waals surface area contributed by atoms with Crippen LogP contribution < -0.4 is 10.1 Å². The summed E-state index contributed by atoms with van der Waals surface area (Å²) in [5.41, 5.74) is 1.47. The molecular formula is C19H27ClN2O2. The molecule has 1 aromatic rings. The van der Waals surface area contributed by atoms with Gasteiger partial charge in [0.2, 0.25) is 0 Å². The zero-order valence-electron chi connectivity index (χ0n) is 14.1. The Hall–Kier alpha value is -0.810. The third-order valence-corrected chi connectivity index (χ3v) is 6.44. The first-order chi connectivity index (χ1) is 11.7. The smallest absolute Gasteiger partial charge is 0.124 e. The summed E-state index contributed by atoms with van der Waals surface area (Å²) in [5.74, 6) is 1.42. The van der Waals surface area contributed by atoms with E-state index in [9.17, 15) is 5.11 Å². The Morgan fingerprint density at radius 1 is 1.29 bits per heavy atom. The average Bonchev–Trinajstić information content (AvgIpc) is 2.95. The Morgan fingerprint density at radius 3 is 2.79 bits per heavy atom. The van der Waals surface area contributed by atoms with Gasteiger partial charge in [-0.1, -0.05) is 17.7 Å². The van der Waals surface area contributed by atoms with Crippen LogP contribution in [0.1, 0.15) is 31.2 Å². The van der Waals surface area contributed by atoms with Gasteiger partial charge in [-0.25, -0.2) is 0 Å². The van der Waals surface area contributed by atoms with E-state index in [4.69, 9.17) is 16.3 Å². The van der Waals surface area contributed by atoms with Crippen LogP contribution in [0.25, 0.3) is 0 Å². The number of nitrogens with zero attached hydrogens (tertiary/aromatic N) is 1. The molecule has 1 spiro atoms. The second-order valence-electron chi connectivity index (χ2n) is 7.66. The van der Waals surface area contributed by atoms with Crippen molar-refractivity contribution in [1.29, 1.82) is 0 Å². The summed E-state index contributed by atoms with van der Waals surface area (Å²) >= 11 is 6.08. The van der Waals surface area contributed by atoms with Crippen LogP contribution in [0.5, 0.6) is 5.75 Å². The van der Waals surface area contributed by atoms with Gasteiger partial charge in [-0.3, -0.25) is 0 Å². The maximum absolute atomic E-state index is 10.6. The third kappa shape index (κ3) is 3.17. The van der Waals surface area contributed by atoms with Gasteiger partial charge >= 0.3 is 0 Å². The number of fused-ring (bicyclic) bond motifs is 2. The second-order valence-corrected chi connectivity index (χ2v) is 8.10. The molecule has 1 aromatic carbocycles. The van der Waals surface area contributed by atoms with Crippen LogP contribution >= 0.6 is 11.6 Å². The number of aliphatic hydroxyl groups is 1. The number of aliphatic hydroxyl groups excluding tert-OH is 1. The van der Waals surface area contributed by atoms with Crippen molar-refractivity contribution in [2.24, 2.45) is 5.92 Å². The Balaban J connectivity index is 1.36. The largest absolute Gasteiger partial charge is 0.492 e. The van der Waals surface area contributed by atoms with Crippen molar-refractivity contribution >= 4 is 11.6 Å². The van der Waals surface area contributed by atoms with Crippen molar-refractivity contribution in [2.45, 2.75) is 37.2 Å². The van der Waals surface area contributed by atoms with Crippen LogP contribution in [0.2, 0.25) is 5.02 Å². The van der Waals surface area contributed by atoms with E-state index in [0.29, 0.717) is 5.92 Å². The highest BCUT2D eigenvalue weighted by Gasteiger charge is 2.43. The van der Waals surface area contributed by atoms with Gasteiger partial charge in [0.1, 0.15) is 5.75 Å². The number of β-amino-alcohol motifs (C(OH)–C–C–N with tert-alkyl or cyclic N) is 1. The molecule has 4 rings (SSSR count). The minimum atomic E-state index is -0.188. The molecule has 0 amide bonds. The van der Waals surface area contributed by atoms with Gasteiger partial charge < -0.3 is 20.1 Å². The Morgan fingerprint density at radius 2 is 2.04 bits per heavy atom. The summed E-state index contributed by atoms with van der Waals surface area (Å²) < 4.78 is 5.92. The van der Waals surface area contributed by atoms with E-state index >= 15 is 0 Å². The minimum Gasteiger partial charge on any atom is -0.492 e. The summed E-state index contributed by atoms with van der Waals surface area (Å²) in [6.45, 7) is 5.74. The van der Waals surface area contributed by atoms with Crippen LogP contribution in [-0.4, -0.2) is 55.4 Å². The Kier molecular flexibility index (Phi) is 4.74. The zero-order valence-corrected chi connectivity index (χ0v) is 14.9. The van der Waals surface area contributed by atoms with Crippen molar-refractivity contribution in [3.05, 3.63) is 28.8 Å². The second kappa shape index (κ2) is 6.83. The van der Waals surface area contributed by atoms with Crippen molar-refractivity contribution in [1.82, 2.24) is 10.2 Å². The topological polar surface area (TPSA) is 44.7 Å². The lowest BCUT2D eigenvalue weighted by molar-refractivity contribution is 0.0329. The summed E-state index contributed by atoms with van der Waals surface area (Å²) in [4.78, 5) is 2.44. The fourth-order valence-corrected chi connectivity index (χ4v) is 4.73. The molecule has 2 N–H and O–H groups in total. The molecule has 0 unspecified atom stereocenters. The van der Waals surface area contributed by atoms with Gasteiger partial charge in [0, 0.05) is 22.5 Å². The predicted molar refractivity (Wildman–Crippen MR) is 95.9 cm³/mol. The predicted octanol–water partition coefficient (Wildman–Crippen LogP) is 2.43. The van der Waals surface area contributed by atoms with E-state index in [0.717, 1.165) is 75.8 Å². The zero-order chi connectivity index (χ0) is 16.6. The first-order valence-corrected chi connectivity index (χ1v) is 9.58. The SMILES string of the molecule is O[C@@H](CN1CCC2(CC1)COc1cc(Cl)ccc12)C1CCNCC1. The molecule has 0 radical (unpaired) electrons. The number of piperidine rings is 2. The molecular weight excluding hydrogens is 324 g/mol. The number of ether oxygens (including phenoxy) is 1. The van der Waals surface area contributed by atoms with Crippen molar-refractivity contribution in [3.63, 3.8) is 0 Å². The minimum absolute atomic E-state index is 0.149. The summed E-state index contributed by atoms with van der Waals surface area (Å²) in [7, 11) is 0.